The maximum Gasteiger partial charge on any atom is 0.251 e. The van der Waals surface area contributed by atoms with Crippen molar-refractivity contribution in [3.05, 3.63) is 70.8 Å². The van der Waals surface area contributed by atoms with E-state index in [9.17, 15) is 4.79 Å². The number of hydrogen-bond acceptors (Lipinski definition) is 3. The highest BCUT2D eigenvalue weighted by molar-refractivity contribution is 8.16. The number of carbonyl (C=O) groups excluding carboxylic acids is 1. The minimum atomic E-state index is 0.00216. The minimum Gasteiger partial charge on any atom is -0.348 e. The maximum absolute atomic E-state index is 12.5. The van der Waals surface area contributed by atoms with Crippen molar-refractivity contribution in [3.8, 4) is 0 Å². The van der Waals surface area contributed by atoms with Crippen LogP contribution in [0.25, 0.3) is 0 Å². The Kier molecular flexibility index (Phi) is 7.58. The Labute approximate surface area is 183 Å². The number of hydrogen-bond donors (Lipinski definition) is 2. The number of thioether (sulfide) groups is 2. The van der Waals surface area contributed by atoms with Crippen LogP contribution in [0.15, 0.2) is 48.5 Å². The fraction of sp³-hybridized carbons (Fsp3) is 0.458. The van der Waals surface area contributed by atoms with E-state index in [0.29, 0.717) is 11.1 Å². The number of nitrogens with one attached hydrogen (secondary N) is 2. The van der Waals surface area contributed by atoms with Crippen molar-refractivity contribution in [1.82, 2.24) is 5.32 Å². The molecule has 154 valence electrons. The van der Waals surface area contributed by atoms with Gasteiger partial charge in [-0.1, -0.05) is 36.4 Å². The molecule has 3 nitrogen and oxygen atoms in total. The molecule has 0 aliphatic carbocycles. The second-order valence-corrected chi connectivity index (χ2v) is 10.8. The van der Waals surface area contributed by atoms with E-state index in [1.807, 2.05) is 35.7 Å². The van der Waals surface area contributed by atoms with E-state index in [0.717, 1.165) is 17.7 Å². The second-order valence-electron chi connectivity index (χ2n) is 8.04. The summed E-state index contributed by atoms with van der Waals surface area (Å²) in [6, 6.07) is 16.9. The monoisotopic (exact) mass is 427 g/mol. The van der Waals surface area contributed by atoms with Crippen LogP contribution in [0.2, 0.25) is 0 Å². The van der Waals surface area contributed by atoms with Gasteiger partial charge in [-0.05, 0) is 60.4 Å². The molecule has 2 aliphatic heterocycles. The molecule has 1 amide bonds. The fourth-order valence-corrected chi connectivity index (χ4v) is 6.94. The molecular formula is C24H31N2OS2+. The summed E-state index contributed by atoms with van der Waals surface area (Å²) >= 11 is 4.02. The molecule has 5 heteroatoms. The molecule has 0 aromatic heterocycles. The number of benzene rings is 2. The third-order valence-electron chi connectivity index (χ3n) is 5.76. The number of piperidine rings is 1. The molecule has 2 saturated heterocycles. The summed E-state index contributed by atoms with van der Waals surface area (Å²) in [5.41, 5.74) is 4.61. The molecule has 4 rings (SSSR count). The first-order chi connectivity index (χ1) is 14.3. The molecule has 0 radical (unpaired) electrons. The Morgan fingerprint density at radius 2 is 1.52 bits per heavy atom. The highest BCUT2D eigenvalue weighted by atomic mass is 32.2. The molecule has 0 unspecified atom stereocenters. The largest absolute Gasteiger partial charge is 0.348 e. The lowest BCUT2D eigenvalue weighted by atomic mass is 10.1. The van der Waals surface area contributed by atoms with Crippen LogP contribution in [0.3, 0.4) is 0 Å². The van der Waals surface area contributed by atoms with Crippen molar-refractivity contribution in [3.63, 3.8) is 0 Å². The number of rotatable bonds is 6. The Balaban J connectivity index is 1.26. The van der Waals surface area contributed by atoms with Gasteiger partial charge in [0.25, 0.3) is 5.91 Å². The number of amides is 1. The average Bonchev–Trinajstić information content (AvgIpc) is 2.80. The molecule has 2 aromatic rings. The quantitative estimate of drug-likeness (QED) is 0.730. The van der Waals surface area contributed by atoms with Crippen LogP contribution in [0.1, 0.15) is 57.3 Å². The summed E-state index contributed by atoms with van der Waals surface area (Å²) in [5.74, 6) is 2.47. The minimum absolute atomic E-state index is 0.00216. The van der Waals surface area contributed by atoms with Crippen molar-refractivity contribution < 1.29 is 9.69 Å². The molecular weight excluding hydrogens is 396 g/mol. The predicted molar refractivity (Wildman–Crippen MR) is 125 cm³/mol. The first-order valence-electron chi connectivity index (χ1n) is 10.8. The van der Waals surface area contributed by atoms with Crippen molar-refractivity contribution >= 4 is 29.4 Å². The van der Waals surface area contributed by atoms with Gasteiger partial charge in [-0.25, -0.2) is 0 Å². The van der Waals surface area contributed by atoms with E-state index in [1.165, 1.54) is 61.4 Å². The molecule has 2 aliphatic rings. The number of quaternary nitrogens is 1. The van der Waals surface area contributed by atoms with Gasteiger partial charge >= 0.3 is 0 Å². The highest BCUT2D eigenvalue weighted by Crippen LogP contribution is 2.43. The molecule has 0 spiro atoms. The van der Waals surface area contributed by atoms with Gasteiger partial charge in [-0.3, -0.25) is 4.79 Å². The molecule has 2 fully saturated rings. The summed E-state index contributed by atoms with van der Waals surface area (Å²) < 4.78 is 0.520. The summed E-state index contributed by atoms with van der Waals surface area (Å²) in [6.07, 6.45) is 5.41. The zero-order chi connectivity index (χ0) is 19.9. The van der Waals surface area contributed by atoms with Gasteiger partial charge in [-0.2, -0.15) is 0 Å². The topological polar surface area (TPSA) is 33.5 Å². The zero-order valence-electron chi connectivity index (χ0n) is 17.0. The maximum atomic E-state index is 12.5. The van der Waals surface area contributed by atoms with Gasteiger partial charge in [0, 0.05) is 17.7 Å². The van der Waals surface area contributed by atoms with E-state index >= 15 is 0 Å². The fourth-order valence-electron chi connectivity index (χ4n) is 4.05. The smallest absolute Gasteiger partial charge is 0.251 e. The molecule has 0 bridgehead atoms. The Morgan fingerprint density at radius 3 is 2.21 bits per heavy atom. The first kappa shape index (κ1) is 20.8. The van der Waals surface area contributed by atoms with Crippen molar-refractivity contribution in [2.24, 2.45) is 0 Å². The van der Waals surface area contributed by atoms with Crippen LogP contribution in [0.5, 0.6) is 0 Å². The lowest BCUT2D eigenvalue weighted by Gasteiger charge is -2.23. The third-order valence-corrected chi connectivity index (χ3v) is 8.78. The van der Waals surface area contributed by atoms with Crippen LogP contribution in [0.4, 0.5) is 0 Å². The summed E-state index contributed by atoms with van der Waals surface area (Å²) in [5, 5.41) is 3.06. The van der Waals surface area contributed by atoms with Crippen molar-refractivity contribution in [1.29, 1.82) is 0 Å². The van der Waals surface area contributed by atoms with Crippen molar-refractivity contribution in [2.75, 3.05) is 24.6 Å². The van der Waals surface area contributed by atoms with Crippen LogP contribution >= 0.6 is 23.5 Å². The Hall–Kier alpha value is -1.43. The van der Waals surface area contributed by atoms with E-state index in [1.54, 1.807) is 4.90 Å². The number of carbonyl (C=O) groups is 1. The van der Waals surface area contributed by atoms with Crippen LogP contribution in [-0.2, 0) is 13.1 Å². The molecule has 2 heterocycles. The number of likely N-dealkylation sites (tertiary alicyclic amines) is 1. The van der Waals surface area contributed by atoms with Gasteiger partial charge in [0.2, 0.25) is 0 Å². The lowest BCUT2D eigenvalue weighted by molar-refractivity contribution is -0.918. The molecule has 0 atom stereocenters. The molecule has 2 aromatic carbocycles. The van der Waals surface area contributed by atoms with Crippen molar-refractivity contribution in [2.45, 2.75) is 43.4 Å². The normalized spacial score (nSPS) is 18.5. The van der Waals surface area contributed by atoms with Gasteiger partial charge in [0.1, 0.15) is 6.54 Å². The Bertz CT molecular complexity index is 780. The van der Waals surface area contributed by atoms with Gasteiger partial charge in [0.15, 0.2) is 0 Å². The molecule has 29 heavy (non-hydrogen) atoms. The lowest BCUT2D eigenvalue weighted by Crippen LogP contribution is -3.11. The van der Waals surface area contributed by atoms with Crippen LogP contribution in [-0.4, -0.2) is 30.5 Å². The predicted octanol–water partition coefficient (Wildman–Crippen LogP) is 4.05. The van der Waals surface area contributed by atoms with Gasteiger partial charge < -0.3 is 10.2 Å². The summed E-state index contributed by atoms with van der Waals surface area (Å²) in [7, 11) is 0. The van der Waals surface area contributed by atoms with Crippen LogP contribution < -0.4 is 10.2 Å². The van der Waals surface area contributed by atoms with Gasteiger partial charge in [0.05, 0.1) is 17.7 Å². The second kappa shape index (κ2) is 10.6. The zero-order valence-corrected chi connectivity index (χ0v) is 18.6. The molecule has 0 saturated carbocycles. The van der Waals surface area contributed by atoms with Gasteiger partial charge in [-0.15, -0.1) is 23.5 Å². The highest BCUT2D eigenvalue weighted by Gasteiger charge is 2.17. The van der Waals surface area contributed by atoms with Crippen LogP contribution in [0, 0.1) is 0 Å². The van der Waals surface area contributed by atoms with E-state index in [2.05, 4.69) is 41.7 Å². The summed E-state index contributed by atoms with van der Waals surface area (Å²) in [6.45, 7) is 4.30. The standard InChI is InChI=1S/C24H30N2OS2/c27-23(21-9-11-22(12-10-21)24-28-15-4-16-29-24)25-17-19-5-7-20(8-6-19)18-26-13-2-1-3-14-26/h5-12,24H,1-4,13-18H2,(H,25,27)/p+1. The van der Waals surface area contributed by atoms with E-state index in [4.69, 9.17) is 0 Å². The van der Waals surface area contributed by atoms with E-state index in [-0.39, 0.29) is 5.91 Å². The Morgan fingerprint density at radius 1 is 0.862 bits per heavy atom. The SMILES string of the molecule is O=C(NCc1ccc(C[NH+]2CCCCC2)cc1)c1ccc(C2SCCCS2)cc1. The van der Waals surface area contributed by atoms with E-state index < -0.39 is 0 Å². The summed E-state index contributed by atoms with van der Waals surface area (Å²) in [4.78, 5) is 14.2. The third kappa shape index (κ3) is 6.03. The average molecular weight is 428 g/mol. The first-order valence-corrected chi connectivity index (χ1v) is 12.9. The molecule has 2 N–H and O–H groups in total.